The number of imidazole rings is 1. The molecule has 0 saturated heterocycles. The van der Waals surface area contributed by atoms with Crippen LogP contribution >= 0.6 is 22.7 Å². The van der Waals surface area contributed by atoms with Crippen LogP contribution in [0.15, 0.2) is 58.7 Å². The number of unbranched alkanes of at least 4 members (excludes halogenated alkanes) is 2. The van der Waals surface area contributed by atoms with Gasteiger partial charge in [-0.2, -0.15) is 0 Å². The average Bonchev–Trinajstić information content (AvgIpc) is 3.68. The van der Waals surface area contributed by atoms with E-state index in [9.17, 15) is 9.59 Å². The maximum absolute atomic E-state index is 12.4. The maximum Gasteiger partial charge on any atom is 0.288 e. The molecule has 35 heavy (non-hydrogen) atoms. The summed E-state index contributed by atoms with van der Waals surface area (Å²) in [5.74, 6) is 0.364. The van der Waals surface area contributed by atoms with Crippen LogP contribution in [-0.2, 0) is 4.79 Å². The van der Waals surface area contributed by atoms with Crippen molar-refractivity contribution < 1.29 is 9.59 Å². The molecule has 4 rings (SSSR count). The van der Waals surface area contributed by atoms with Crippen LogP contribution in [0.3, 0.4) is 0 Å². The van der Waals surface area contributed by atoms with Gasteiger partial charge in [0.2, 0.25) is 5.91 Å². The molecule has 4 aromatic rings. The standard InChI is InChI=1S/C25H26N6O2S2/c1-26-22(32)6-4-2-3-5-19(13-30-24(33)21-15-27-16-35-21)23-29-14-20(31-23)17-7-9-18(10-8-17)25-28-11-12-34-25/h7-16,19H,2-6H2,1H3,(H,26,32)(H,29,31). The molecular weight excluding hydrogens is 480 g/mol. The molecule has 2 amide bonds. The van der Waals surface area contributed by atoms with Gasteiger partial charge in [0.25, 0.3) is 5.91 Å². The van der Waals surface area contributed by atoms with Gasteiger partial charge in [0.1, 0.15) is 15.7 Å². The number of nitrogens with zero attached hydrogens (tertiary/aromatic N) is 4. The van der Waals surface area contributed by atoms with Crippen molar-refractivity contribution in [1.82, 2.24) is 25.3 Å². The van der Waals surface area contributed by atoms with Crippen LogP contribution in [0.25, 0.3) is 21.8 Å². The summed E-state index contributed by atoms with van der Waals surface area (Å²) in [6.45, 7) is 0. The van der Waals surface area contributed by atoms with E-state index in [-0.39, 0.29) is 17.7 Å². The number of benzene rings is 1. The van der Waals surface area contributed by atoms with Gasteiger partial charge in [-0.25, -0.2) is 15.0 Å². The fraction of sp³-hybridized carbons (Fsp3) is 0.280. The fourth-order valence-electron chi connectivity index (χ4n) is 3.61. The summed E-state index contributed by atoms with van der Waals surface area (Å²) < 4.78 is 0. The topological polar surface area (TPSA) is 113 Å². The van der Waals surface area contributed by atoms with Gasteiger partial charge in [-0.15, -0.1) is 22.7 Å². The zero-order valence-corrected chi connectivity index (χ0v) is 20.9. The number of rotatable bonds is 11. The number of H-pyrrole nitrogens is 1. The van der Waals surface area contributed by atoms with Crippen LogP contribution in [0.4, 0.5) is 0 Å². The number of hydrogen-bond donors (Lipinski definition) is 2. The minimum absolute atomic E-state index is 0.0508. The van der Waals surface area contributed by atoms with Crippen molar-refractivity contribution in [3.05, 3.63) is 64.4 Å². The number of aromatic nitrogens is 4. The van der Waals surface area contributed by atoms with Crippen molar-refractivity contribution in [2.24, 2.45) is 4.99 Å². The van der Waals surface area contributed by atoms with E-state index in [4.69, 9.17) is 0 Å². The third-order valence-electron chi connectivity index (χ3n) is 5.53. The van der Waals surface area contributed by atoms with Crippen molar-refractivity contribution in [3.8, 4) is 21.8 Å². The van der Waals surface area contributed by atoms with E-state index in [0.29, 0.717) is 11.3 Å². The number of amides is 2. The first kappa shape index (κ1) is 24.6. The van der Waals surface area contributed by atoms with Crippen molar-refractivity contribution in [3.63, 3.8) is 0 Å². The number of thiazole rings is 2. The molecule has 0 bridgehead atoms. The zero-order chi connectivity index (χ0) is 24.5. The minimum Gasteiger partial charge on any atom is -0.359 e. The van der Waals surface area contributed by atoms with E-state index in [1.807, 2.05) is 35.8 Å². The molecule has 0 spiro atoms. The van der Waals surface area contributed by atoms with Crippen LogP contribution in [0.5, 0.6) is 0 Å². The first-order valence-electron chi connectivity index (χ1n) is 11.4. The summed E-state index contributed by atoms with van der Waals surface area (Å²) in [4.78, 5) is 44.8. The molecule has 0 aliphatic carbocycles. The summed E-state index contributed by atoms with van der Waals surface area (Å²) in [6.07, 6.45) is 10.7. The predicted octanol–water partition coefficient (Wildman–Crippen LogP) is 5.35. The molecule has 0 fully saturated rings. The molecule has 8 nitrogen and oxygen atoms in total. The summed E-state index contributed by atoms with van der Waals surface area (Å²) in [6, 6.07) is 8.19. The lowest BCUT2D eigenvalue weighted by Gasteiger charge is -2.09. The molecule has 10 heteroatoms. The predicted molar refractivity (Wildman–Crippen MR) is 140 cm³/mol. The van der Waals surface area contributed by atoms with Gasteiger partial charge in [-0.1, -0.05) is 37.1 Å². The molecular formula is C25H26N6O2S2. The lowest BCUT2D eigenvalue weighted by molar-refractivity contribution is -0.120. The van der Waals surface area contributed by atoms with Gasteiger partial charge in [-0.3, -0.25) is 14.6 Å². The normalized spacial score (nSPS) is 12.1. The minimum atomic E-state index is -0.304. The SMILES string of the molecule is CNC(=O)CCCCCC(C=NC(=O)c1cncs1)c1ncc(-c2ccc(-c3nccs3)cc2)[nH]1. The largest absolute Gasteiger partial charge is 0.359 e. The molecule has 180 valence electrons. The fourth-order valence-corrected chi connectivity index (χ4v) is 4.76. The summed E-state index contributed by atoms with van der Waals surface area (Å²) >= 11 is 2.88. The van der Waals surface area contributed by atoms with E-state index in [0.717, 1.165) is 53.3 Å². The van der Waals surface area contributed by atoms with Gasteiger partial charge < -0.3 is 10.3 Å². The molecule has 3 heterocycles. The second-order valence-corrected chi connectivity index (χ2v) is 9.71. The van der Waals surface area contributed by atoms with E-state index in [2.05, 4.69) is 30.2 Å². The highest BCUT2D eigenvalue weighted by Gasteiger charge is 2.16. The molecule has 1 atom stereocenters. The summed E-state index contributed by atoms with van der Waals surface area (Å²) in [5.41, 5.74) is 4.61. The lowest BCUT2D eigenvalue weighted by atomic mass is 10.0. The van der Waals surface area contributed by atoms with Crippen molar-refractivity contribution in [2.45, 2.75) is 38.0 Å². The van der Waals surface area contributed by atoms with Gasteiger partial charge in [-0.05, 0) is 18.4 Å². The molecule has 3 aromatic heterocycles. The molecule has 0 radical (unpaired) electrons. The number of carbonyl (C=O) groups is 2. The van der Waals surface area contributed by atoms with Crippen LogP contribution < -0.4 is 5.32 Å². The number of aromatic amines is 1. The second-order valence-electron chi connectivity index (χ2n) is 7.92. The van der Waals surface area contributed by atoms with E-state index >= 15 is 0 Å². The van der Waals surface area contributed by atoms with Crippen molar-refractivity contribution in [2.75, 3.05) is 7.05 Å². The Morgan fingerprint density at radius 1 is 1.09 bits per heavy atom. The van der Waals surface area contributed by atoms with Crippen LogP contribution in [0.1, 0.15) is 53.5 Å². The zero-order valence-electron chi connectivity index (χ0n) is 19.3. The Morgan fingerprint density at radius 2 is 1.91 bits per heavy atom. The number of nitrogens with one attached hydrogen (secondary N) is 2. The maximum atomic E-state index is 12.4. The summed E-state index contributed by atoms with van der Waals surface area (Å²) in [7, 11) is 1.65. The van der Waals surface area contributed by atoms with Crippen molar-refractivity contribution in [1.29, 1.82) is 0 Å². The van der Waals surface area contributed by atoms with Crippen LogP contribution in [0.2, 0.25) is 0 Å². The van der Waals surface area contributed by atoms with Crippen LogP contribution in [-0.4, -0.2) is 45.0 Å². The molecule has 0 aliphatic heterocycles. The van der Waals surface area contributed by atoms with Gasteiger partial charge in [0.15, 0.2) is 0 Å². The Bertz CT molecular complexity index is 1250. The smallest absolute Gasteiger partial charge is 0.288 e. The van der Waals surface area contributed by atoms with Crippen molar-refractivity contribution >= 4 is 40.7 Å². The van der Waals surface area contributed by atoms with E-state index < -0.39 is 0 Å². The number of carbonyl (C=O) groups excluding carboxylic acids is 2. The highest BCUT2D eigenvalue weighted by atomic mass is 32.1. The second kappa shape index (κ2) is 12.3. The molecule has 2 N–H and O–H groups in total. The Kier molecular flexibility index (Phi) is 8.63. The third-order valence-corrected chi connectivity index (χ3v) is 7.12. The Morgan fingerprint density at radius 3 is 2.63 bits per heavy atom. The first-order valence-corrected chi connectivity index (χ1v) is 13.1. The third kappa shape index (κ3) is 6.77. The monoisotopic (exact) mass is 506 g/mol. The van der Waals surface area contributed by atoms with Gasteiger partial charge in [0.05, 0.1) is 29.5 Å². The molecule has 1 aromatic carbocycles. The Hall–Kier alpha value is -3.50. The molecule has 1 unspecified atom stereocenters. The average molecular weight is 507 g/mol. The Labute approximate surface area is 211 Å². The lowest BCUT2D eigenvalue weighted by Crippen LogP contribution is -2.16. The van der Waals surface area contributed by atoms with Gasteiger partial charge >= 0.3 is 0 Å². The van der Waals surface area contributed by atoms with E-state index in [1.165, 1.54) is 17.5 Å². The highest BCUT2D eigenvalue weighted by molar-refractivity contribution is 7.13. The molecule has 0 aliphatic rings. The molecule has 0 saturated carbocycles. The quantitative estimate of drug-likeness (QED) is 0.210. The Balaban J connectivity index is 1.46. The number of aliphatic imine (C=N–C) groups is 1. The van der Waals surface area contributed by atoms with Crippen LogP contribution in [0, 0.1) is 0 Å². The first-order chi connectivity index (χ1) is 17.1. The number of hydrogen-bond acceptors (Lipinski definition) is 7. The summed E-state index contributed by atoms with van der Waals surface area (Å²) in [5, 5.41) is 5.60. The highest BCUT2D eigenvalue weighted by Crippen LogP contribution is 2.27. The van der Waals surface area contributed by atoms with Gasteiger partial charge in [0, 0.05) is 36.8 Å². The van der Waals surface area contributed by atoms with E-state index in [1.54, 1.807) is 36.3 Å².